The van der Waals surface area contributed by atoms with Gasteiger partial charge in [-0.15, -0.1) is 0 Å². The maximum atomic E-state index is 12.8. The molecule has 2 fully saturated rings. The maximum absolute atomic E-state index is 12.8. The van der Waals surface area contributed by atoms with E-state index in [0.29, 0.717) is 24.7 Å². The predicted molar refractivity (Wildman–Crippen MR) is 78.1 cm³/mol. The third kappa shape index (κ3) is 1.66. The minimum absolute atomic E-state index is 0.0571. The second kappa shape index (κ2) is 4.19. The van der Waals surface area contributed by atoms with Crippen molar-refractivity contribution >= 4 is 11.6 Å². The van der Waals surface area contributed by atoms with E-state index in [1.807, 2.05) is 13.0 Å². The first-order valence-electron chi connectivity index (χ1n) is 7.88. The molecular weight excluding hydrogens is 264 g/mol. The van der Waals surface area contributed by atoms with Crippen LogP contribution in [0.15, 0.2) is 18.2 Å². The summed E-state index contributed by atoms with van der Waals surface area (Å²) in [7, 11) is 0. The molecule has 0 saturated heterocycles. The Bertz CT molecular complexity index is 648. The van der Waals surface area contributed by atoms with Gasteiger partial charge in [-0.25, -0.2) is 0 Å². The number of phenols is 1. The number of aryl methyl sites for hydroxylation is 1. The van der Waals surface area contributed by atoms with Crippen molar-refractivity contribution in [3.05, 3.63) is 29.3 Å². The topological polar surface area (TPSA) is 54.4 Å². The fraction of sp³-hybridized carbons (Fsp3) is 0.556. The van der Waals surface area contributed by atoms with Gasteiger partial charge in [0, 0.05) is 24.2 Å². The number of phenolic OH excluding ortho intramolecular Hbond substituents is 1. The van der Waals surface area contributed by atoms with Crippen molar-refractivity contribution in [2.45, 2.75) is 44.9 Å². The van der Waals surface area contributed by atoms with Crippen LogP contribution in [0.25, 0.3) is 0 Å². The molecule has 0 bridgehead atoms. The fourth-order valence-electron chi connectivity index (χ4n) is 5.16. The highest BCUT2D eigenvalue weighted by Gasteiger charge is 2.57. The Kier molecular flexibility index (Phi) is 2.60. The highest BCUT2D eigenvalue weighted by Crippen LogP contribution is 2.58. The lowest BCUT2D eigenvalue weighted by Crippen LogP contribution is -2.47. The first-order valence-corrected chi connectivity index (χ1v) is 7.88. The first-order chi connectivity index (χ1) is 10.0. The molecule has 21 heavy (non-hydrogen) atoms. The largest absolute Gasteiger partial charge is 0.508 e. The van der Waals surface area contributed by atoms with E-state index in [-0.39, 0.29) is 23.2 Å². The fourth-order valence-corrected chi connectivity index (χ4v) is 5.16. The molecule has 3 aliphatic carbocycles. The molecule has 0 amide bonds. The van der Waals surface area contributed by atoms with Crippen LogP contribution in [0.1, 0.15) is 49.7 Å². The molecule has 110 valence electrons. The lowest BCUT2D eigenvalue weighted by atomic mass is 9.55. The molecule has 1 aromatic rings. The average Bonchev–Trinajstić information content (AvgIpc) is 2.74. The quantitative estimate of drug-likeness (QED) is 0.797. The van der Waals surface area contributed by atoms with Gasteiger partial charge in [-0.2, -0.15) is 0 Å². The van der Waals surface area contributed by atoms with E-state index in [1.165, 1.54) is 0 Å². The Morgan fingerprint density at radius 1 is 1.19 bits per heavy atom. The zero-order valence-corrected chi connectivity index (χ0v) is 12.3. The Hall–Kier alpha value is -1.64. The van der Waals surface area contributed by atoms with E-state index < -0.39 is 5.41 Å². The summed E-state index contributed by atoms with van der Waals surface area (Å²) in [6.07, 6.45) is 3.84. The Morgan fingerprint density at radius 3 is 2.81 bits per heavy atom. The molecule has 1 aromatic carbocycles. The first kappa shape index (κ1) is 13.1. The highest BCUT2D eigenvalue weighted by atomic mass is 16.3. The van der Waals surface area contributed by atoms with Crippen molar-refractivity contribution in [2.75, 3.05) is 0 Å². The Labute approximate surface area is 124 Å². The third-order valence-electron chi connectivity index (χ3n) is 6.18. The van der Waals surface area contributed by atoms with E-state index in [1.54, 1.807) is 12.1 Å². The van der Waals surface area contributed by atoms with Crippen LogP contribution < -0.4 is 0 Å². The van der Waals surface area contributed by atoms with Crippen molar-refractivity contribution in [1.82, 2.24) is 0 Å². The summed E-state index contributed by atoms with van der Waals surface area (Å²) >= 11 is 0. The van der Waals surface area contributed by atoms with Crippen LogP contribution in [0.2, 0.25) is 0 Å². The number of hydrogen-bond acceptors (Lipinski definition) is 3. The zero-order chi connectivity index (χ0) is 14.8. The Balaban J connectivity index is 1.80. The molecule has 0 aromatic heterocycles. The number of rotatable bonds is 0. The molecule has 0 unspecified atom stereocenters. The number of fused-ring (bicyclic) bond motifs is 5. The minimum Gasteiger partial charge on any atom is -0.508 e. The molecule has 3 nitrogen and oxygen atoms in total. The molecule has 3 aliphatic rings. The van der Waals surface area contributed by atoms with Crippen LogP contribution in [-0.2, 0) is 16.0 Å². The smallest absolute Gasteiger partial charge is 0.141 e. The standard InChI is InChI=1S/C18H20O3/c1-18-9-15(20)17-12-5-3-11(19)8-10(12)2-4-13(17)14(18)6-7-16(18)21/h3,5,8,13-14,17,19H,2,4,6-7,9H2,1H3/t13-,14-,17+,18-/m0/s1. The second-order valence-electron chi connectivity index (χ2n) is 7.19. The number of carbonyl (C=O) groups is 2. The number of Topliss-reactive ketones (excluding diaryl/α,β-unsaturated/α-hetero) is 2. The number of aromatic hydroxyl groups is 1. The lowest BCUT2D eigenvalue weighted by molar-refractivity contribution is -0.139. The number of ketones is 2. The van der Waals surface area contributed by atoms with E-state index in [9.17, 15) is 14.7 Å². The molecule has 3 heteroatoms. The second-order valence-corrected chi connectivity index (χ2v) is 7.19. The van der Waals surface area contributed by atoms with Crippen LogP contribution in [0, 0.1) is 17.3 Å². The minimum atomic E-state index is -0.410. The van der Waals surface area contributed by atoms with Crippen LogP contribution in [0.3, 0.4) is 0 Å². The molecule has 0 aliphatic heterocycles. The van der Waals surface area contributed by atoms with Crippen molar-refractivity contribution < 1.29 is 14.7 Å². The molecule has 0 heterocycles. The van der Waals surface area contributed by atoms with Gasteiger partial charge in [0.25, 0.3) is 0 Å². The number of hydrogen-bond donors (Lipinski definition) is 1. The monoisotopic (exact) mass is 284 g/mol. The normalized spacial score (nSPS) is 37.9. The van der Waals surface area contributed by atoms with Crippen LogP contribution >= 0.6 is 0 Å². The number of carbonyl (C=O) groups excluding carboxylic acids is 2. The van der Waals surface area contributed by atoms with Gasteiger partial charge in [0.1, 0.15) is 17.3 Å². The molecule has 0 spiro atoms. The van der Waals surface area contributed by atoms with Gasteiger partial charge in [-0.1, -0.05) is 13.0 Å². The summed E-state index contributed by atoms with van der Waals surface area (Å²) in [4.78, 5) is 25.0. The number of benzene rings is 1. The lowest BCUT2D eigenvalue weighted by Gasteiger charge is -2.47. The van der Waals surface area contributed by atoms with Crippen molar-refractivity contribution in [3.8, 4) is 5.75 Å². The van der Waals surface area contributed by atoms with E-state index in [0.717, 1.165) is 30.4 Å². The van der Waals surface area contributed by atoms with Gasteiger partial charge in [-0.05, 0) is 54.4 Å². The summed E-state index contributed by atoms with van der Waals surface area (Å²) in [5.41, 5.74) is 1.79. The van der Waals surface area contributed by atoms with Gasteiger partial charge < -0.3 is 5.11 Å². The van der Waals surface area contributed by atoms with Gasteiger partial charge in [-0.3, -0.25) is 9.59 Å². The molecule has 4 rings (SSSR count). The zero-order valence-electron chi connectivity index (χ0n) is 12.3. The summed E-state index contributed by atoms with van der Waals surface area (Å²) in [6.45, 7) is 2.01. The maximum Gasteiger partial charge on any atom is 0.141 e. The van der Waals surface area contributed by atoms with Gasteiger partial charge in [0.15, 0.2) is 0 Å². The SMILES string of the molecule is C[C@]12CC(=O)[C@@H]3c4ccc(O)cc4CC[C@H]3[C@@H]1CCC2=O. The van der Waals surface area contributed by atoms with Crippen LogP contribution in [0.5, 0.6) is 5.75 Å². The summed E-state index contributed by atoms with van der Waals surface area (Å²) in [5.74, 6) is 1.39. The van der Waals surface area contributed by atoms with Crippen LogP contribution in [0.4, 0.5) is 0 Å². The molecular formula is C18H20O3. The summed E-state index contributed by atoms with van der Waals surface area (Å²) in [6, 6.07) is 5.40. The molecule has 1 N–H and O–H groups in total. The van der Waals surface area contributed by atoms with E-state index in [4.69, 9.17) is 0 Å². The van der Waals surface area contributed by atoms with Crippen molar-refractivity contribution in [2.24, 2.45) is 17.3 Å². The molecule has 4 atom stereocenters. The summed E-state index contributed by atoms with van der Waals surface area (Å²) in [5, 5.41) is 9.65. The van der Waals surface area contributed by atoms with Crippen molar-refractivity contribution in [1.29, 1.82) is 0 Å². The van der Waals surface area contributed by atoms with Crippen LogP contribution in [-0.4, -0.2) is 16.7 Å². The van der Waals surface area contributed by atoms with Gasteiger partial charge >= 0.3 is 0 Å². The predicted octanol–water partition coefficient (Wildman–Crippen LogP) is 3.00. The van der Waals surface area contributed by atoms with E-state index >= 15 is 0 Å². The van der Waals surface area contributed by atoms with Crippen molar-refractivity contribution in [3.63, 3.8) is 0 Å². The van der Waals surface area contributed by atoms with Gasteiger partial charge in [0.05, 0.1) is 0 Å². The van der Waals surface area contributed by atoms with E-state index in [2.05, 4.69) is 0 Å². The molecule has 2 saturated carbocycles. The third-order valence-corrected chi connectivity index (χ3v) is 6.18. The molecule has 0 radical (unpaired) electrons. The summed E-state index contributed by atoms with van der Waals surface area (Å²) < 4.78 is 0. The highest BCUT2D eigenvalue weighted by molar-refractivity contribution is 5.97. The van der Waals surface area contributed by atoms with Gasteiger partial charge in [0.2, 0.25) is 0 Å². The average molecular weight is 284 g/mol. The Morgan fingerprint density at radius 2 is 2.00 bits per heavy atom.